The van der Waals surface area contributed by atoms with Crippen LogP contribution in [0.2, 0.25) is 0 Å². The number of hydrogen-bond acceptors (Lipinski definition) is 5. The molecular formula is C22H33N5. The summed E-state index contributed by atoms with van der Waals surface area (Å²) in [5, 5.41) is 3.44. The first-order valence-corrected chi connectivity index (χ1v) is 10.2. The lowest BCUT2D eigenvalue weighted by Gasteiger charge is -2.32. The Morgan fingerprint density at radius 3 is 2.52 bits per heavy atom. The van der Waals surface area contributed by atoms with Gasteiger partial charge in [0.25, 0.3) is 0 Å². The lowest BCUT2D eigenvalue weighted by molar-refractivity contribution is 0.438. The molecule has 0 aliphatic carbocycles. The summed E-state index contributed by atoms with van der Waals surface area (Å²) in [4.78, 5) is 13.9. The molecule has 0 atom stereocenters. The van der Waals surface area contributed by atoms with Crippen molar-refractivity contribution in [3.05, 3.63) is 36.0 Å². The summed E-state index contributed by atoms with van der Waals surface area (Å²) in [6, 6.07) is 10.7. The molecule has 146 valence electrons. The van der Waals surface area contributed by atoms with Gasteiger partial charge in [0, 0.05) is 49.8 Å². The monoisotopic (exact) mass is 367 g/mol. The third kappa shape index (κ3) is 5.34. The Morgan fingerprint density at radius 1 is 1.15 bits per heavy atom. The average molecular weight is 368 g/mol. The first kappa shape index (κ1) is 19.5. The minimum atomic E-state index is 0.782. The maximum absolute atomic E-state index is 4.70. The first-order chi connectivity index (χ1) is 13.0. The second kappa shape index (κ2) is 9.07. The summed E-state index contributed by atoms with van der Waals surface area (Å²) < 4.78 is 0. The second-order valence-corrected chi connectivity index (χ2v) is 7.81. The molecule has 1 aromatic carbocycles. The van der Waals surface area contributed by atoms with Gasteiger partial charge in [0.15, 0.2) is 0 Å². The van der Waals surface area contributed by atoms with Crippen LogP contribution in [0.25, 0.3) is 0 Å². The predicted molar refractivity (Wildman–Crippen MR) is 115 cm³/mol. The molecule has 0 spiro atoms. The number of hydrogen-bond donors (Lipinski definition) is 1. The highest BCUT2D eigenvalue weighted by Gasteiger charge is 2.16. The molecule has 1 fully saturated rings. The Hall–Kier alpha value is -2.30. The maximum atomic E-state index is 4.70. The summed E-state index contributed by atoms with van der Waals surface area (Å²) in [6.07, 6.45) is 4.89. The third-order valence-electron chi connectivity index (χ3n) is 5.32. The van der Waals surface area contributed by atoms with Crippen molar-refractivity contribution >= 4 is 23.1 Å². The zero-order valence-electron chi connectivity index (χ0n) is 17.2. The fraction of sp³-hybridized carbons (Fsp3) is 0.545. The number of aromatic nitrogens is 2. The molecule has 0 bridgehead atoms. The molecule has 2 heterocycles. The summed E-state index contributed by atoms with van der Waals surface area (Å²) >= 11 is 0. The number of unbranched alkanes of at least 4 members (excludes halogenated alkanes) is 1. The van der Waals surface area contributed by atoms with Crippen molar-refractivity contribution in [1.29, 1.82) is 0 Å². The lowest BCUT2D eigenvalue weighted by atomic mass is 9.99. The van der Waals surface area contributed by atoms with E-state index in [4.69, 9.17) is 4.98 Å². The molecule has 1 aliphatic rings. The van der Waals surface area contributed by atoms with Gasteiger partial charge in [-0.1, -0.05) is 20.3 Å². The van der Waals surface area contributed by atoms with Crippen LogP contribution in [0.1, 0.15) is 45.2 Å². The quantitative estimate of drug-likeness (QED) is 0.746. The molecule has 0 amide bonds. The molecular weight excluding hydrogens is 334 g/mol. The smallest absolute Gasteiger partial charge is 0.227 e. The molecule has 2 aromatic rings. The average Bonchev–Trinajstić information content (AvgIpc) is 2.67. The van der Waals surface area contributed by atoms with Crippen molar-refractivity contribution in [2.75, 3.05) is 41.8 Å². The van der Waals surface area contributed by atoms with E-state index < -0.39 is 0 Å². The van der Waals surface area contributed by atoms with Gasteiger partial charge in [-0.15, -0.1) is 0 Å². The number of piperidine rings is 1. The third-order valence-corrected chi connectivity index (χ3v) is 5.32. The van der Waals surface area contributed by atoms with Crippen LogP contribution in [0, 0.1) is 12.8 Å². The molecule has 5 heteroatoms. The van der Waals surface area contributed by atoms with Crippen LogP contribution in [0.5, 0.6) is 0 Å². The van der Waals surface area contributed by atoms with Gasteiger partial charge in [0.2, 0.25) is 5.95 Å². The van der Waals surface area contributed by atoms with E-state index in [1.807, 2.05) is 13.0 Å². The zero-order valence-corrected chi connectivity index (χ0v) is 17.2. The van der Waals surface area contributed by atoms with Crippen molar-refractivity contribution in [1.82, 2.24) is 9.97 Å². The topological polar surface area (TPSA) is 44.3 Å². The van der Waals surface area contributed by atoms with E-state index in [-0.39, 0.29) is 0 Å². The van der Waals surface area contributed by atoms with Gasteiger partial charge in [-0.05, 0) is 56.4 Å². The number of rotatable bonds is 7. The van der Waals surface area contributed by atoms with Crippen LogP contribution in [0.4, 0.5) is 23.1 Å². The highest BCUT2D eigenvalue weighted by atomic mass is 15.2. The van der Waals surface area contributed by atoms with E-state index in [1.165, 1.54) is 24.9 Å². The minimum absolute atomic E-state index is 0.782. The number of anilines is 4. The van der Waals surface area contributed by atoms with Crippen LogP contribution >= 0.6 is 0 Å². The molecule has 0 unspecified atom stereocenters. The Balaban J connectivity index is 1.67. The van der Waals surface area contributed by atoms with Crippen molar-refractivity contribution < 1.29 is 0 Å². The fourth-order valence-electron chi connectivity index (χ4n) is 3.45. The fourth-order valence-corrected chi connectivity index (χ4v) is 3.45. The molecule has 0 radical (unpaired) electrons. The van der Waals surface area contributed by atoms with Crippen LogP contribution in [0.3, 0.4) is 0 Å². The number of nitrogens with one attached hydrogen (secondary N) is 1. The molecule has 1 N–H and O–H groups in total. The van der Waals surface area contributed by atoms with E-state index in [0.717, 1.165) is 55.1 Å². The van der Waals surface area contributed by atoms with Gasteiger partial charge in [-0.25, -0.2) is 4.98 Å². The molecule has 5 nitrogen and oxygen atoms in total. The van der Waals surface area contributed by atoms with Crippen molar-refractivity contribution in [3.63, 3.8) is 0 Å². The predicted octanol–water partition coefficient (Wildman–Crippen LogP) is 5.00. The molecule has 3 rings (SSSR count). The standard InChI is InChI=1S/C22H33N5/c1-5-6-13-26(4)22-23-18(3)16-21(25-22)24-19-7-9-20(10-8-19)27-14-11-17(2)12-15-27/h7-10,16-17H,5-6,11-15H2,1-4H3,(H,23,24,25). The number of aryl methyl sites for hydroxylation is 1. The minimum Gasteiger partial charge on any atom is -0.372 e. The van der Waals surface area contributed by atoms with Crippen molar-refractivity contribution in [3.8, 4) is 0 Å². The molecule has 0 saturated carbocycles. The van der Waals surface area contributed by atoms with Crippen molar-refractivity contribution in [2.45, 2.75) is 46.5 Å². The van der Waals surface area contributed by atoms with Crippen LogP contribution in [0.15, 0.2) is 30.3 Å². The summed E-state index contributed by atoms with van der Waals surface area (Å²) in [5.41, 5.74) is 3.35. The Kier molecular flexibility index (Phi) is 6.54. The first-order valence-electron chi connectivity index (χ1n) is 10.2. The maximum Gasteiger partial charge on any atom is 0.227 e. The van der Waals surface area contributed by atoms with Gasteiger partial charge < -0.3 is 15.1 Å². The summed E-state index contributed by atoms with van der Waals surface area (Å²) in [6.45, 7) is 9.86. The van der Waals surface area contributed by atoms with Crippen molar-refractivity contribution in [2.24, 2.45) is 5.92 Å². The lowest BCUT2D eigenvalue weighted by Crippen LogP contribution is -2.32. The second-order valence-electron chi connectivity index (χ2n) is 7.81. The van der Waals surface area contributed by atoms with E-state index in [9.17, 15) is 0 Å². The van der Waals surface area contributed by atoms with E-state index in [1.54, 1.807) is 0 Å². The van der Waals surface area contributed by atoms with Crippen LogP contribution in [-0.4, -0.2) is 36.6 Å². The van der Waals surface area contributed by atoms with E-state index in [2.05, 4.69) is 65.3 Å². The molecule has 1 saturated heterocycles. The normalized spacial score (nSPS) is 15.0. The van der Waals surface area contributed by atoms with Gasteiger partial charge in [0.05, 0.1) is 0 Å². The van der Waals surface area contributed by atoms with E-state index in [0.29, 0.717) is 0 Å². The summed E-state index contributed by atoms with van der Waals surface area (Å²) in [7, 11) is 2.06. The summed E-state index contributed by atoms with van der Waals surface area (Å²) in [5.74, 6) is 2.48. The highest BCUT2D eigenvalue weighted by molar-refractivity contribution is 5.61. The van der Waals surface area contributed by atoms with Gasteiger partial charge in [-0.3, -0.25) is 0 Å². The zero-order chi connectivity index (χ0) is 19.2. The Morgan fingerprint density at radius 2 is 1.85 bits per heavy atom. The molecule has 1 aromatic heterocycles. The highest BCUT2D eigenvalue weighted by Crippen LogP contribution is 2.25. The number of benzene rings is 1. The van der Waals surface area contributed by atoms with E-state index >= 15 is 0 Å². The Bertz CT molecular complexity index is 720. The van der Waals surface area contributed by atoms with Crippen LogP contribution in [-0.2, 0) is 0 Å². The van der Waals surface area contributed by atoms with Gasteiger partial charge in [0.1, 0.15) is 5.82 Å². The van der Waals surface area contributed by atoms with Gasteiger partial charge >= 0.3 is 0 Å². The Labute approximate surface area is 163 Å². The number of nitrogens with zero attached hydrogens (tertiary/aromatic N) is 4. The van der Waals surface area contributed by atoms with Crippen LogP contribution < -0.4 is 15.1 Å². The van der Waals surface area contributed by atoms with Gasteiger partial charge in [-0.2, -0.15) is 4.98 Å². The largest absolute Gasteiger partial charge is 0.372 e. The SMILES string of the molecule is CCCCN(C)c1nc(C)cc(Nc2ccc(N3CCC(C)CC3)cc2)n1. The molecule has 1 aliphatic heterocycles. The molecule has 27 heavy (non-hydrogen) atoms.